The smallest absolute Gasteiger partial charge is 0.309 e. The number of ether oxygens (including phenoxy) is 1. The Hall–Kier alpha value is -1.31. The summed E-state index contributed by atoms with van der Waals surface area (Å²) in [6, 6.07) is 9.87. The van der Waals surface area contributed by atoms with E-state index in [0.29, 0.717) is 6.61 Å². The van der Waals surface area contributed by atoms with Crippen molar-refractivity contribution in [3.63, 3.8) is 0 Å². The molecule has 0 bridgehead atoms. The minimum Gasteiger partial charge on any atom is -0.461 e. The van der Waals surface area contributed by atoms with Gasteiger partial charge >= 0.3 is 5.97 Å². The van der Waals surface area contributed by atoms with Crippen LogP contribution in [0.4, 0.5) is 0 Å². The molecule has 0 N–H and O–H groups in total. The second-order valence-electron chi connectivity index (χ2n) is 5.07. The van der Waals surface area contributed by atoms with Crippen molar-refractivity contribution in [1.82, 2.24) is 0 Å². The van der Waals surface area contributed by atoms with Crippen LogP contribution in [0.25, 0.3) is 0 Å². The standard InChI is InChI=1S/C17H26O2/c1-3-5-7-13-16(10-4-2)17(18)19-14-15-11-8-6-9-12-15/h6,8-9,11-12,16H,3-5,7,10,13-14H2,1-2H3. The van der Waals surface area contributed by atoms with Crippen LogP contribution in [0, 0.1) is 5.92 Å². The lowest BCUT2D eigenvalue weighted by Crippen LogP contribution is -2.17. The Morgan fingerprint density at radius 3 is 2.42 bits per heavy atom. The molecule has 1 atom stereocenters. The minimum absolute atomic E-state index is 0.0261. The molecule has 1 rings (SSSR count). The number of unbranched alkanes of at least 4 members (excludes halogenated alkanes) is 2. The Kier molecular flexibility index (Phi) is 7.95. The van der Waals surface area contributed by atoms with Gasteiger partial charge in [0.2, 0.25) is 0 Å². The van der Waals surface area contributed by atoms with Crippen molar-refractivity contribution in [2.45, 2.75) is 59.0 Å². The van der Waals surface area contributed by atoms with Crippen LogP contribution in [0.2, 0.25) is 0 Å². The van der Waals surface area contributed by atoms with Gasteiger partial charge in [-0.1, -0.05) is 69.9 Å². The molecule has 0 amide bonds. The predicted molar refractivity (Wildman–Crippen MR) is 78.8 cm³/mol. The summed E-state index contributed by atoms with van der Waals surface area (Å²) in [6.45, 7) is 4.70. The van der Waals surface area contributed by atoms with E-state index in [1.807, 2.05) is 30.3 Å². The van der Waals surface area contributed by atoms with Crippen molar-refractivity contribution in [1.29, 1.82) is 0 Å². The van der Waals surface area contributed by atoms with Gasteiger partial charge in [-0.3, -0.25) is 4.79 Å². The van der Waals surface area contributed by atoms with Crippen LogP contribution in [0.1, 0.15) is 57.9 Å². The van der Waals surface area contributed by atoms with Crippen LogP contribution < -0.4 is 0 Å². The summed E-state index contributed by atoms with van der Waals surface area (Å²) in [5.74, 6) is 0.0575. The van der Waals surface area contributed by atoms with Gasteiger partial charge in [0.25, 0.3) is 0 Å². The van der Waals surface area contributed by atoms with Crippen LogP contribution in [0.15, 0.2) is 30.3 Å². The molecule has 0 radical (unpaired) electrons. The number of hydrogen-bond acceptors (Lipinski definition) is 2. The highest BCUT2D eigenvalue weighted by Crippen LogP contribution is 2.18. The molecule has 1 aromatic rings. The van der Waals surface area contributed by atoms with Crippen molar-refractivity contribution < 1.29 is 9.53 Å². The van der Waals surface area contributed by atoms with Gasteiger partial charge in [-0.25, -0.2) is 0 Å². The van der Waals surface area contributed by atoms with Gasteiger partial charge in [0.15, 0.2) is 0 Å². The largest absolute Gasteiger partial charge is 0.461 e. The van der Waals surface area contributed by atoms with Crippen molar-refractivity contribution in [2.75, 3.05) is 0 Å². The Labute approximate surface area is 117 Å². The molecule has 0 aromatic heterocycles. The third kappa shape index (κ3) is 6.42. The molecule has 0 aliphatic rings. The van der Waals surface area contributed by atoms with Gasteiger partial charge in [-0.05, 0) is 18.4 Å². The zero-order valence-electron chi connectivity index (χ0n) is 12.2. The molecule has 0 aliphatic heterocycles. The molecule has 0 aliphatic carbocycles. The summed E-state index contributed by atoms with van der Waals surface area (Å²) in [7, 11) is 0. The highest BCUT2D eigenvalue weighted by Gasteiger charge is 2.18. The third-order valence-corrected chi connectivity index (χ3v) is 3.35. The fourth-order valence-electron chi connectivity index (χ4n) is 2.22. The summed E-state index contributed by atoms with van der Waals surface area (Å²) in [5.41, 5.74) is 1.06. The molecule has 106 valence electrons. The van der Waals surface area contributed by atoms with Crippen LogP contribution in [0.5, 0.6) is 0 Å². The molecule has 0 fully saturated rings. The number of esters is 1. The van der Waals surface area contributed by atoms with Crippen molar-refractivity contribution in [2.24, 2.45) is 5.92 Å². The Bertz CT molecular complexity index is 346. The molecular weight excluding hydrogens is 236 g/mol. The normalized spacial score (nSPS) is 12.1. The second kappa shape index (κ2) is 9.60. The molecule has 0 saturated heterocycles. The van der Waals surface area contributed by atoms with Gasteiger partial charge in [-0.15, -0.1) is 0 Å². The van der Waals surface area contributed by atoms with E-state index in [1.54, 1.807) is 0 Å². The van der Waals surface area contributed by atoms with Crippen LogP contribution in [0.3, 0.4) is 0 Å². The van der Waals surface area contributed by atoms with Crippen LogP contribution >= 0.6 is 0 Å². The van der Waals surface area contributed by atoms with E-state index in [2.05, 4.69) is 13.8 Å². The molecule has 19 heavy (non-hydrogen) atoms. The summed E-state index contributed by atoms with van der Waals surface area (Å²) in [6.07, 6.45) is 6.47. The number of rotatable bonds is 9. The van der Waals surface area contributed by atoms with E-state index in [1.165, 1.54) is 12.8 Å². The Morgan fingerprint density at radius 1 is 1.05 bits per heavy atom. The molecule has 2 nitrogen and oxygen atoms in total. The third-order valence-electron chi connectivity index (χ3n) is 3.35. The van der Waals surface area contributed by atoms with Crippen molar-refractivity contribution in [3.8, 4) is 0 Å². The molecular formula is C17H26O2. The second-order valence-corrected chi connectivity index (χ2v) is 5.07. The first-order valence-electron chi connectivity index (χ1n) is 7.48. The number of hydrogen-bond donors (Lipinski definition) is 0. The number of carbonyl (C=O) groups is 1. The topological polar surface area (TPSA) is 26.3 Å². The van der Waals surface area contributed by atoms with Gasteiger partial charge in [-0.2, -0.15) is 0 Å². The molecule has 1 aromatic carbocycles. The van der Waals surface area contributed by atoms with E-state index in [0.717, 1.165) is 31.2 Å². The first-order chi connectivity index (χ1) is 9.27. The summed E-state index contributed by atoms with van der Waals surface area (Å²) in [4.78, 5) is 12.1. The average Bonchev–Trinajstić information content (AvgIpc) is 2.45. The Morgan fingerprint density at radius 2 is 1.79 bits per heavy atom. The molecule has 1 unspecified atom stereocenters. The lowest BCUT2D eigenvalue weighted by atomic mass is 9.97. The van der Waals surface area contributed by atoms with E-state index in [-0.39, 0.29) is 11.9 Å². The zero-order valence-corrected chi connectivity index (χ0v) is 12.2. The lowest BCUT2D eigenvalue weighted by molar-refractivity contribution is -0.150. The Balaban J connectivity index is 2.38. The van der Waals surface area contributed by atoms with Gasteiger partial charge < -0.3 is 4.74 Å². The highest BCUT2D eigenvalue weighted by molar-refractivity contribution is 5.72. The van der Waals surface area contributed by atoms with Crippen LogP contribution in [-0.2, 0) is 16.1 Å². The summed E-state index contributed by atoms with van der Waals surface area (Å²) >= 11 is 0. The lowest BCUT2D eigenvalue weighted by Gasteiger charge is -2.15. The minimum atomic E-state index is -0.0261. The highest BCUT2D eigenvalue weighted by atomic mass is 16.5. The van der Waals surface area contributed by atoms with Gasteiger partial charge in [0.05, 0.1) is 5.92 Å². The molecule has 2 heteroatoms. The molecule has 0 spiro atoms. The molecule has 0 heterocycles. The van der Waals surface area contributed by atoms with Crippen molar-refractivity contribution >= 4 is 5.97 Å². The SMILES string of the molecule is CCCCCC(CCC)C(=O)OCc1ccccc1. The first kappa shape index (κ1) is 15.7. The van der Waals surface area contributed by atoms with Crippen LogP contribution in [-0.4, -0.2) is 5.97 Å². The van der Waals surface area contributed by atoms with Gasteiger partial charge in [0, 0.05) is 0 Å². The summed E-state index contributed by atoms with van der Waals surface area (Å²) in [5, 5.41) is 0. The molecule has 0 saturated carbocycles. The average molecular weight is 262 g/mol. The fourth-order valence-corrected chi connectivity index (χ4v) is 2.22. The van der Waals surface area contributed by atoms with E-state index in [9.17, 15) is 4.79 Å². The zero-order chi connectivity index (χ0) is 13.9. The number of carbonyl (C=O) groups excluding carboxylic acids is 1. The predicted octanol–water partition coefficient (Wildman–Crippen LogP) is 4.73. The van der Waals surface area contributed by atoms with E-state index < -0.39 is 0 Å². The maximum Gasteiger partial charge on any atom is 0.309 e. The van der Waals surface area contributed by atoms with E-state index >= 15 is 0 Å². The summed E-state index contributed by atoms with van der Waals surface area (Å²) < 4.78 is 5.43. The first-order valence-corrected chi connectivity index (χ1v) is 7.48. The van der Waals surface area contributed by atoms with Crippen molar-refractivity contribution in [3.05, 3.63) is 35.9 Å². The fraction of sp³-hybridized carbons (Fsp3) is 0.588. The maximum absolute atomic E-state index is 12.1. The quantitative estimate of drug-likeness (QED) is 0.475. The number of benzene rings is 1. The van der Waals surface area contributed by atoms with Gasteiger partial charge in [0.1, 0.15) is 6.61 Å². The van der Waals surface area contributed by atoms with E-state index in [4.69, 9.17) is 4.74 Å². The maximum atomic E-state index is 12.1. The monoisotopic (exact) mass is 262 g/mol.